The Balaban J connectivity index is 2.32. The highest BCUT2D eigenvalue weighted by atomic mass is 79.9. The summed E-state index contributed by atoms with van der Waals surface area (Å²) >= 11 is 9.32. The molecule has 1 amide bonds. The van der Waals surface area contributed by atoms with E-state index in [9.17, 15) is 4.79 Å². The van der Waals surface area contributed by atoms with Crippen molar-refractivity contribution in [3.8, 4) is 6.07 Å². The first kappa shape index (κ1) is 13.6. The third-order valence-corrected chi connectivity index (χ3v) is 3.79. The van der Waals surface area contributed by atoms with Crippen LogP contribution in [0.15, 0.2) is 46.9 Å². The van der Waals surface area contributed by atoms with Gasteiger partial charge in [0.1, 0.15) is 6.07 Å². The number of nitrogens with one attached hydrogen (secondary N) is 1. The fourth-order valence-electron chi connectivity index (χ4n) is 1.56. The van der Waals surface area contributed by atoms with Gasteiger partial charge >= 0.3 is 0 Å². The van der Waals surface area contributed by atoms with E-state index in [0.717, 1.165) is 0 Å². The molecule has 2 aromatic rings. The standard InChI is InChI=1S/C14H8BrClN2O/c15-11-6-3-5-10(13(11)16)14(19)18-12-7-2-1-4-9(12)8-17/h1-7H,(H,18,19). The van der Waals surface area contributed by atoms with E-state index in [-0.39, 0.29) is 5.91 Å². The highest BCUT2D eigenvalue weighted by molar-refractivity contribution is 9.10. The number of para-hydroxylation sites is 1. The molecule has 0 heterocycles. The number of hydrogen-bond donors (Lipinski definition) is 1. The molecule has 0 saturated carbocycles. The van der Waals surface area contributed by atoms with Crippen molar-refractivity contribution in [1.82, 2.24) is 0 Å². The Labute approximate surface area is 123 Å². The minimum atomic E-state index is -0.353. The molecule has 3 nitrogen and oxygen atoms in total. The molecule has 2 rings (SSSR count). The molecule has 0 saturated heterocycles. The van der Waals surface area contributed by atoms with E-state index in [4.69, 9.17) is 16.9 Å². The van der Waals surface area contributed by atoms with E-state index >= 15 is 0 Å². The highest BCUT2D eigenvalue weighted by Gasteiger charge is 2.13. The number of anilines is 1. The molecule has 0 fully saturated rings. The second-order valence-electron chi connectivity index (χ2n) is 3.71. The van der Waals surface area contributed by atoms with Gasteiger partial charge in [0.25, 0.3) is 5.91 Å². The van der Waals surface area contributed by atoms with Gasteiger partial charge in [-0.2, -0.15) is 5.26 Å². The number of nitriles is 1. The van der Waals surface area contributed by atoms with Gasteiger partial charge in [0, 0.05) is 4.47 Å². The Hall–Kier alpha value is -1.83. The third kappa shape index (κ3) is 2.95. The Kier molecular flexibility index (Phi) is 4.20. The predicted octanol–water partition coefficient (Wildman–Crippen LogP) is 4.23. The first-order valence-corrected chi connectivity index (χ1v) is 6.55. The first-order valence-electron chi connectivity index (χ1n) is 5.38. The zero-order valence-electron chi connectivity index (χ0n) is 9.65. The number of amides is 1. The lowest BCUT2D eigenvalue weighted by Crippen LogP contribution is -2.13. The van der Waals surface area contributed by atoms with E-state index in [0.29, 0.717) is 26.3 Å². The van der Waals surface area contributed by atoms with Crippen molar-refractivity contribution in [2.45, 2.75) is 0 Å². The van der Waals surface area contributed by atoms with Crippen molar-refractivity contribution in [3.05, 3.63) is 63.1 Å². The summed E-state index contributed by atoms with van der Waals surface area (Å²) in [5, 5.41) is 12.0. The van der Waals surface area contributed by atoms with E-state index < -0.39 is 0 Å². The lowest BCUT2D eigenvalue weighted by molar-refractivity contribution is 0.102. The lowest BCUT2D eigenvalue weighted by Gasteiger charge is -2.08. The van der Waals surface area contributed by atoms with Crippen LogP contribution in [0.3, 0.4) is 0 Å². The smallest absolute Gasteiger partial charge is 0.257 e. The normalized spacial score (nSPS) is 9.74. The van der Waals surface area contributed by atoms with Gasteiger partial charge in [-0.15, -0.1) is 0 Å². The van der Waals surface area contributed by atoms with Crippen LogP contribution in [0.2, 0.25) is 5.02 Å². The summed E-state index contributed by atoms with van der Waals surface area (Å²) in [6.45, 7) is 0. The summed E-state index contributed by atoms with van der Waals surface area (Å²) in [7, 11) is 0. The van der Waals surface area contributed by atoms with Gasteiger partial charge in [-0.05, 0) is 40.2 Å². The van der Waals surface area contributed by atoms with Crippen molar-refractivity contribution in [3.63, 3.8) is 0 Å². The number of carbonyl (C=O) groups excluding carboxylic acids is 1. The van der Waals surface area contributed by atoms with Crippen LogP contribution in [0.4, 0.5) is 5.69 Å². The largest absolute Gasteiger partial charge is 0.321 e. The zero-order chi connectivity index (χ0) is 13.8. The molecule has 0 bridgehead atoms. The molecule has 0 aliphatic carbocycles. The van der Waals surface area contributed by atoms with Crippen LogP contribution in [0.1, 0.15) is 15.9 Å². The summed E-state index contributed by atoms with van der Waals surface area (Å²) < 4.78 is 0.649. The second kappa shape index (κ2) is 5.87. The molecular weight excluding hydrogens is 328 g/mol. The quantitative estimate of drug-likeness (QED) is 0.893. The first-order chi connectivity index (χ1) is 9.13. The zero-order valence-corrected chi connectivity index (χ0v) is 12.0. The number of benzene rings is 2. The van der Waals surface area contributed by atoms with E-state index in [1.54, 1.807) is 42.5 Å². The number of halogens is 2. The number of hydrogen-bond acceptors (Lipinski definition) is 2. The molecule has 0 unspecified atom stereocenters. The van der Waals surface area contributed by atoms with Crippen molar-refractivity contribution < 1.29 is 4.79 Å². The van der Waals surface area contributed by atoms with Gasteiger partial charge in [0.05, 0.1) is 21.8 Å². The third-order valence-electron chi connectivity index (χ3n) is 2.49. The molecule has 0 radical (unpaired) electrons. The number of carbonyl (C=O) groups is 1. The van der Waals surface area contributed by atoms with Crippen molar-refractivity contribution in [2.75, 3.05) is 5.32 Å². The Morgan fingerprint density at radius 1 is 1.21 bits per heavy atom. The molecular formula is C14H8BrClN2O. The summed E-state index contributed by atoms with van der Waals surface area (Å²) in [5.74, 6) is -0.353. The SMILES string of the molecule is N#Cc1ccccc1NC(=O)c1cccc(Br)c1Cl. The molecule has 94 valence electrons. The summed E-state index contributed by atoms with van der Waals surface area (Å²) in [6.07, 6.45) is 0. The molecule has 0 aromatic heterocycles. The van der Waals surface area contributed by atoms with Crippen molar-refractivity contribution >= 4 is 39.1 Å². The Morgan fingerprint density at radius 3 is 2.68 bits per heavy atom. The van der Waals surface area contributed by atoms with Crippen LogP contribution < -0.4 is 5.32 Å². The predicted molar refractivity (Wildman–Crippen MR) is 78.3 cm³/mol. The molecule has 1 N–H and O–H groups in total. The van der Waals surface area contributed by atoms with Gasteiger partial charge in [0.2, 0.25) is 0 Å². The Bertz CT molecular complexity index is 679. The molecule has 0 aliphatic heterocycles. The second-order valence-corrected chi connectivity index (χ2v) is 4.95. The topological polar surface area (TPSA) is 52.9 Å². The van der Waals surface area contributed by atoms with Gasteiger partial charge in [-0.3, -0.25) is 4.79 Å². The Morgan fingerprint density at radius 2 is 1.95 bits per heavy atom. The number of rotatable bonds is 2. The number of nitrogens with zero attached hydrogens (tertiary/aromatic N) is 1. The molecule has 2 aromatic carbocycles. The molecule has 19 heavy (non-hydrogen) atoms. The minimum Gasteiger partial charge on any atom is -0.321 e. The van der Waals surface area contributed by atoms with Crippen LogP contribution in [0.5, 0.6) is 0 Å². The maximum absolute atomic E-state index is 12.1. The summed E-state index contributed by atoms with van der Waals surface area (Å²) in [5.41, 5.74) is 1.22. The maximum atomic E-state index is 12.1. The van der Waals surface area contributed by atoms with Gasteiger partial charge in [0.15, 0.2) is 0 Å². The lowest BCUT2D eigenvalue weighted by atomic mass is 10.1. The average Bonchev–Trinajstić information content (AvgIpc) is 2.42. The van der Waals surface area contributed by atoms with Crippen LogP contribution in [-0.2, 0) is 0 Å². The van der Waals surface area contributed by atoms with Crippen molar-refractivity contribution in [1.29, 1.82) is 5.26 Å². The average molecular weight is 336 g/mol. The monoisotopic (exact) mass is 334 g/mol. The van der Waals surface area contributed by atoms with Gasteiger partial charge in [-0.25, -0.2) is 0 Å². The summed E-state index contributed by atoms with van der Waals surface area (Å²) in [4.78, 5) is 12.1. The fraction of sp³-hybridized carbons (Fsp3) is 0. The van der Waals surface area contributed by atoms with Gasteiger partial charge < -0.3 is 5.32 Å². The van der Waals surface area contributed by atoms with Crippen LogP contribution in [-0.4, -0.2) is 5.91 Å². The minimum absolute atomic E-state index is 0.342. The van der Waals surface area contributed by atoms with E-state index in [1.807, 2.05) is 6.07 Å². The molecule has 0 atom stereocenters. The van der Waals surface area contributed by atoms with Crippen LogP contribution in [0.25, 0.3) is 0 Å². The van der Waals surface area contributed by atoms with Crippen molar-refractivity contribution in [2.24, 2.45) is 0 Å². The van der Waals surface area contributed by atoms with E-state index in [1.165, 1.54) is 0 Å². The van der Waals surface area contributed by atoms with Crippen LogP contribution in [0, 0.1) is 11.3 Å². The molecule has 0 aliphatic rings. The molecule has 0 spiro atoms. The van der Waals surface area contributed by atoms with E-state index in [2.05, 4.69) is 21.2 Å². The fourth-order valence-corrected chi connectivity index (χ4v) is 2.14. The van der Waals surface area contributed by atoms with Crippen LogP contribution >= 0.6 is 27.5 Å². The molecule has 5 heteroatoms. The van der Waals surface area contributed by atoms with Gasteiger partial charge in [-0.1, -0.05) is 29.8 Å². The summed E-state index contributed by atoms with van der Waals surface area (Å²) in [6, 6.07) is 13.9. The maximum Gasteiger partial charge on any atom is 0.257 e. The highest BCUT2D eigenvalue weighted by Crippen LogP contribution is 2.27.